The first kappa shape index (κ1) is 21.0. The van der Waals surface area contributed by atoms with Crippen molar-refractivity contribution in [1.82, 2.24) is 24.9 Å². The fourth-order valence-electron chi connectivity index (χ4n) is 2.94. The van der Waals surface area contributed by atoms with Crippen LogP contribution >= 0.6 is 0 Å². The molecule has 1 fully saturated rings. The largest absolute Gasteiger partial charge is 0.490 e. The second-order valence-electron chi connectivity index (χ2n) is 8.14. The summed E-state index contributed by atoms with van der Waals surface area (Å²) in [5, 5.41) is 17.2. The van der Waals surface area contributed by atoms with E-state index >= 15 is 0 Å². The summed E-state index contributed by atoms with van der Waals surface area (Å²) in [6.07, 6.45) is 8.15. The molecular formula is C20H29N5O4. The number of nitrogens with zero attached hydrogens (tertiary/aromatic N) is 5. The summed E-state index contributed by atoms with van der Waals surface area (Å²) in [7, 11) is 0. The molecule has 0 bridgehead atoms. The SMILES string of the molecule is CC(C)(C)OC(=O)N1CC[C@H]1COc1cncc(-n2cc(CCCCO)nn2)c1. The molecule has 0 spiro atoms. The fraction of sp³-hybridized carbons (Fsp3) is 0.600. The normalized spacial score (nSPS) is 16.4. The smallest absolute Gasteiger partial charge is 0.410 e. The number of hydrogen-bond acceptors (Lipinski definition) is 7. The molecule has 1 atom stereocenters. The molecule has 2 aromatic rings. The predicted molar refractivity (Wildman–Crippen MR) is 106 cm³/mol. The van der Waals surface area contributed by atoms with Gasteiger partial charge >= 0.3 is 6.09 Å². The Kier molecular flexibility index (Phi) is 6.68. The molecule has 1 amide bonds. The number of amides is 1. The highest BCUT2D eigenvalue weighted by molar-refractivity contribution is 5.69. The number of pyridine rings is 1. The number of rotatable bonds is 8. The lowest BCUT2D eigenvalue weighted by Crippen LogP contribution is -2.55. The zero-order valence-electron chi connectivity index (χ0n) is 17.2. The number of likely N-dealkylation sites (tertiary alicyclic amines) is 1. The van der Waals surface area contributed by atoms with E-state index in [0.717, 1.165) is 37.1 Å². The molecule has 158 valence electrons. The second kappa shape index (κ2) is 9.21. The Morgan fingerprint density at radius 3 is 2.83 bits per heavy atom. The van der Waals surface area contributed by atoms with E-state index in [2.05, 4.69) is 15.3 Å². The molecule has 0 radical (unpaired) electrons. The average molecular weight is 403 g/mol. The lowest BCUT2D eigenvalue weighted by molar-refractivity contribution is -0.0141. The molecule has 0 aromatic carbocycles. The molecule has 0 unspecified atom stereocenters. The van der Waals surface area contributed by atoms with E-state index in [1.165, 1.54) is 0 Å². The summed E-state index contributed by atoms with van der Waals surface area (Å²) >= 11 is 0. The summed E-state index contributed by atoms with van der Waals surface area (Å²) in [6, 6.07) is 1.84. The number of aromatic nitrogens is 4. The maximum atomic E-state index is 12.2. The molecule has 2 aromatic heterocycles. The van der Waals surface area contributed by atoms with Crippen LogP contribution in [0.4, 0.5) is 4.79 Å². The summed E-state index contributed by atoms with van der Waals surface area (Å²) in [6.45, 7) is 6.82. The van der Waals surface area contributed by atoms with Gasteiger partial charge in [-0.3, -0.25) is 4.98 Å². The number of carbonyl (C=O) groups excluding carboxylic acids is 1. The van der Waals surface area contributed by atoms with E-state index < -0.39 is 5.60 Å². The lowest BCUT2D eigenvalue weighted by Gasteiger charge is -2.40. The van der Waals surface area contributed by atoms with Crippen LogP contribution in [-0.2, 0) is 11.2 Å². The van der Waals surface area contributed by atoms with Crippen LogP contribution in [0.3, 0.4) is 0 Å². The Balaban J connectivity index is 1.55. The predicted octanol–water partition coefficient (Wildman–Crippen LogP) is 2.37. The molecule has 0 saturated carbocycles. The topological polar surface area (TPSA) is 103 Å². The van der Waals surface area contributed by atoms with Crippen molar-refractivity contribution >= 4 is 6.09 Å². The van der Waals surface area contributed by atoms with E-state index in [1.54, 1.807) is 22.0 Å². The number of aryl methyl sites for hydroxylation is 1. The Labute approximate surface area is 170 Å². The van der Waals surface area contributed by atoms with Crippen LogP contribution in [0.15, 0.2) is 24.7 Å². The standard InChI is InChI=1S/C20H29N5O4/c1-20(2,3)29-19(27)24-8-7-16(24)14-28-18-10-17(11-21-12-18)25-13-15(22-23-25)6-4-5-9-26/h10-13,16,26H,4-9,14H2,1-3H3/t16-/m0/s1. The van der Waals surface area contributed by atoms with E-state index in [-0.39, 0.29) is 18.7 Å². The first-order valence-corrected chi connectivity index (χ1v) is 9.95. The van der Waals surface area contributed by atoms with Crippen LogP contribution in [0.25, 0.3) is 5.69 Å². The number of unbranched alkanes of at least 4 members (excludes halogenated alkanes) is 1. The zero-order valence-corrected chi connectivity index (χ0v) is 17.2. The Hall–Kier alpha value is -2.68. The highest BCUT2D eigenvalue weighted by Crippen LogP contribution is 2.23. The van der Waals surface area contributed by atoms with Crippen LogP contribution in [0.5, 0.6) is 5.75 Å². The Bertz CT molecular complexity index is 817. The third kappa shape index (κ3) is 5.90. The quantitative estimate of drug-likeness (QED) is 0.675. The van der Waals surface area contributed by atoms with Gasteiger partial charge in [0.05, 0.1) is 36.0 Å². The third-order valence-corrected chi connectivity index (χ3v) is 4.56. The van der Waals surface area contributed by atoms with E-state index in [0.29, 0.717) is 18.9 Å². The molecule has 1 aliphatic heterocycles. The maximum absolute atomic E-state index is 12.2. The van der Waals surface area contributed by atoms with Crippen molar-refractivity contribution in [2.75, 3.05) is 19.8 Å². The van der Waals surface area contributed by atoms with Crippen molar-refractivity contribution < 1.29 is 19.4 Å². The van der Waals surface area contributed by atoms with Crippen LogP contribution < -0.4 is 4.74 Å². The van der Waals surface area contributed by atoms with Crippen molar-refractivity contribution in [2.24, 2.45) is 0 Å². The van der Waals surface area contributed by atoms with Crippen molar-refractivity contribution in [3.05, 3.63) is 30.4 Å². The van der Waals surface area contributed by atoms with Crippen LogP contribution in [-0.4, -0.2) is 67.5 Å². The van der Waals surface area contributed by atoms with Crippen molar-refractivity contribution in [1.29, 1.82) is 0 Å². The Morgan fingerprint density at radius 1 is 1.31 bits per heavy atom. The van der Waals surface area contributed by atoms with Gasteiger partial charge in [-0.2, -0.15) is 0 Å². The lowest BCUT2D eigenvalue weighted by atomic mass is 10.1. The number of carbonyl (C=O) groups is 1. The molecule has 3 rings (SSSR count). The van der Waals surface area contributed by atoms with Gasteiger partial charge in [0.25, 0.3) is 0 Å². The summed E-state index contributed by atoms with van der Waals surface area (Å²) in [5.74, 6) is 0.607. The highest BCUT2D eigenvalue weighted by atomic mass is 16.6. The maximum Gasteiger partial charge on any atom is 0.410 e. The number of aliphatic hydroxyl groups excluding tert-OH is 1. The van der Waals surface area contributed by atoms with Gasteiger partial charge in [0, 0.05) is 19.2 Å². The van der Waals surface area contributed by atoms with Crippen LogP contribution in [0.2, 0.25) is 0 Å². The number of aliphatic hydroxyl groups is 1. The Morgan fingerprint density at radius 2 is 2.14 bits per heavy atom. The van der Waals surface area contributed by atoms with E-state index in [1.807, 2.05) is 33.0 Å². The molecule has 0 aliphatic carbocycles. The number of hydrogen-bond donors (Lipinski definition) is 1. The fourth-order valence-corrected chi connectivity index (χ4v) is 2.94. The zero-order chi connectivity index (χ0) is 20.9. The first-order chi connectivity index (χ1) is 13.9. The molecular weight excluding hydrogens is 374 g/mol. The average Bonchev–Trinajstić information content (AvgIpc) is 3.09. The molecule has 1 saturated heterocycles. The van der Waals surface area contributed by atoms with Gasteiger partial charge in [0.15, 0.2) is 0 Å². The number of ether oxygens (including phenoxy) is 2. The van der Waals surface area contributed by atoms with Crippen molar-refractivity contribution in [2.45, 2.75) is 58.1 Å². The van der Waals surface area contributed by atoms with Crippen molar-refractivity contribution in [3.63, 3.8) is 0 Å². The molecule has 9 heteroatoms. The van der Waals surface area contributed by atoms with Gasteiger partial charge in [0.1, 0.15) is 18.0 Å². The summed E-state index contributed by atoms with van der Waals surface area (Å²) in [5.41, 5.74) is 1.11. The molecule has 9 nitrogen and oxygen atoms in total. The van der Waals surface area contributed by atoms with Gasteiger partial charge in [-0.05, 0) is 46.5 Å². The van der Waals surface area contributed by atoms with Gasteiger partial charge in [0.2, 0.25) is 0 Å². The minimum Gasteiger partial charge on any atom is -0.490 e. The van der Waals surface area contributed by atoms with Gasteiger partial charge in [-0.15, -0.1) is 5.10 Å². The molecule has 1 N–H and O–H groups in total. The molecule has 1 aliphatic rings. The highest BCUT2D eigenvalue weighted by Gasteiger charge is 2.35. The van der Waals surface area contributed by atoms with Crippen LogP contribution in [0.1, 0.15) is 45.7 Å². The van der Waals surface area contributed by atoms with Crippen molar-refractivity contribution in [3.8, 4) is 11.4 Å². The third-order valence-electron chi connectivity index (χ3n) is 4.56. The van der Waals surface area contributed by atoms with Gasteiger partial charge in [-0.1, -0.05) is 5.21 Å². The van der Waals surface area contributed by atoms with E-state index in [9.17, 15) is 4.79 Å². The molecule has 29 heavy (non-hydrogen) atoms. The van der Waals surface area contributed by atoms with Crippen LogP contribution in [0, 0.1) is 0 Å². The van der Waals surface area contributed by atoms with E-state index in [4.69, 9.17) is 14.6 Å². The second-order valence-corrected chi connectivity index (χ2v) is 8.14. The summed E-state index contributed by atoms with van der Waals surface area (Å²) in [4.78, 5) is 18.1. The summed E-state index contributed by atoms with van der Waals surface area (Å²) < 4.78 is 12.9. The minimum atomic E-state index is -0.509. The monoisotopic (exact) mass is 403 g/mol. The first-order valence-electron chi connectivity index (χ1n) is 9.95. The molecule has 3 heterocycles. The van der Waals surface area contributed by atoms with Gasteiger partial charge in [-0.25, -0.2) is 9.48 Å². The van der Waals surface area contributed by atoms with Gasteiger partial charge < -0.3 is 19.5 Å². The minimum absolute atomic E-state index is 0.00185.